The first kappa shape index (κ1) is 71.8. The number of aliphatic hydroxyl groups excluding tert-OH is 2. The molecule has 0 amide bonds. The van der Waals surface area contributed by atoms with Crippen LogP contribution in [0.2, 0.25) is 0 Å². The maximum absolute atomic E-state index is 10.2. The Morgan fingerprint density at radius 2 is 0.309 bits per heavy atom. The molecule has 68 heavy (non-hydrogen) atoms. The van der Waals surface area contributed by atoms with E-state index >= 15 is 0 Å². The van der Waals surface area contributed by atoms with Crippen molar-refractivity contribution in [3.05, 3.63) is 0 Å². The molecule has 0 heterocycles. The third-order valence-corrected chi connectivity index (χ3v) is 14.7. The maximum atomic E-state index is 10.2. The lowest BCUT2D eigenvalue weighted by Gasteiger charge is -2.04. The molecule has 0 saturated heterocycles. The largest absolute Gasteiger partial charge is 0.396 e. The lowest BCUT2D eigenvalue weighted by molar-refractivity contribution is -0.107. The van der Waals surface area contributed by atoms with Crippen molar-refractivity contribution in [3.63, 3.8) is 0 Å². The van der Waals surface area contributed by atoms with Crippen LogP contribution in [0.25, 0.3) is 0 Å². The van der Waals surface area contributed by atoms with Gasteiger partial charge in [0.1, 0.15) is 6.29 Å². The van der Waals surface area contributed by atoms with Gasteiger partial charge in [-0.2, -0.15) is 0 Å². The molecule has 0 aromatic rings. The van der Waals surface area contributed by atoms with Crippen LogP contribution in [0.5, 0.6) is 0 Å². The molecule has 3 nitrogen and oxygen atoms in total. The molecule has 0 aliphatic rings. The summed E-state index contributed by atoms with van der Waals surface area (Å²) in [5, 5.41) is 17.4. The summed E-state index contributed by atoms with van der Waals surface area (Å²) >= 11 is 0. The van der Waals surface area contributed by atoms with Crippen molar-refractivity contribution in [1.82, 2.24) is 0 Å². The van der Waals surface area contributed by atoms with E-state index in [1.54, 1.807) is 0 Å². The highest BCUT2D eigenvalue weighted by Crippen LogP contribution is 2.18. The highest BCUT2D eigenvalue weighted by atomic mass is 16.3. The van der Waals surface area contributed by atoms with Crippen LogP contribution < -0.4 is 0 Å². The second kappa shape index (κ2) is 75.5. The Balaban J connectivity index is -0.000000934. The summed E-state index contributed by atoms with van der Waals surface area (Å²) in [7, 11) is 0. The standard InChI is InChI=1S/C23H48O.C22H46O.C20H40O/c1-2-3-4-5-6-7-8-9-10-11-12-13-14-15-16-17-18-19-20-21-22-23-24;1-2-3-4-5-6-7-8-9-10-11-12-13-14-15-16-17-18-19-20-21-22-23;1-2-3-4-5-6-7-8-9-10-11-12-13-14-15-16-17-18-19-20-21/h24H,2-23H2,1H3;23H,2-22H2,1H3;20H,2-19H2,1H3. The van der Waals surface area contributed by atoms with Crippen LogP contribution in [-0.4, -0.2) is 29.7 Å². The second-order valence-corrected chi connectivity index (χ2v) is 21.8. The monoisotopic (exact) mass is 963 g/mol. The molecule has 0 atom stereocenters. The summed E-state index contributed by atoms with van der Waals surface area (Å²) in [6.45, 7) is 7.62. The highest BCUT2D eigenvalue weighted by Gasteiger charge is 1.99. The molecule has 0 aliphatic carbocycles. The minimum absolute atomic E-state index is 0.374. The van der Waals surface area contributed by atoms with Gasteiger partial charge in [-0.3, -0.25) is 0 Å². The van der Waals surface area contributed by atoms with E-state index in [0.717, 1.165) is 32.0 Å². The average Bonchev–Trinajstić information content (AvgIpc) is 3.35. The van der Waals surface area contributed by atoms with Gasteiger partial charge in [0.25, 0.3) is 0 Å². The fourth-order valence-corrected chi connectivity index (χ4v) is 9.86. The zero-order valence-electron chi connectivity index (χ0n) is 48.0. The summed E-state index contributed by atoms with van der Waals surface area (Å²) in [6.07, 6.45) is 83.3. The van der Waals surface area contributed by atoms with E-state index in [1.807, 2.05) is 0 Å². The minimum Gasteiger partial charge on any atom is -0.396 e. The molecule has 0 radical (unpaired) electrons. The summed E-state index contributed by atoms with van der Waals surface area (Å²) in [6, 6.07) is 0. The first-order valence-electron chi connectivity index (χ1n) is 32.4. The summed E-state index contributed by atoms with van der Waals surface area (Å²) in [5.41, 5.74) is 0. The van der Waals surface area contributed by atoms with Crippen LogP contribution in [-0.2, 0) is 4.79 Å². The van der Waals surface area contributed by atoms with Crippen LogP contribution in [0.4, 0.5) is 0 Å². The molecule has 0 aromatic heterocycles. The Kier molecular flexibility index (Phi) is 79.8. The van der Waals surface area contributed by atoms with E-state index in [0.29, 0.717) is 13.2 Å². The molecule has 0 fully saturated rings. The lowest BCUT2D eigenvalue weighted by atomic mass is 10.0. The van der Waals surface area contributed by atoms with Gasteiger partial charge in [0.2, 0.25) is 0 Å². The van der Waals surface area contributed by atoms with E-state index in [4.69, 9.17) is 10.2 Å². The van der Waals surface area contributed by atoms with Crippen molar-refractivity contribution in [1.29, 1.82) is 0 Å². The van der Waals surface area contributed by atoms with E-state index in [1.165, 1.54) is 353 Å². The number of rotatable bonds is 59. The predicted octanol–water partition coefficient (Wildman–Crippen LogP) is 23.2. The lowest BCUT2D eigenvalue weighted by Crippen LogP contribution is -1.85. The molecule has 0 unspecified atom stereocenters. The van der Waals surface area contributed by atoms with Crippen molar-refractivity contribution in [2.45, 2.75) is 400 Å². The van der Waals surface area contributed by atoms with Gasteiger partial charge in [0.05, 0.1) is 0 Å². The Bertz CT molecular complexity index is 742. The SMILES string of the molecule is CCCCCCCCCCCCCCCCCCCC=O.CCCCCCCCCCCCCCCCCCCCCCCO.CCCCCCCCCCCCCCCCCCCCCCO. The van der Waals surface area contributed by atoms with Crippen molar-refractivity contribution in [2.24, 2.45) is 0 Å². The van der Waals surface area contributed by atoms with E-state index in [2.05, 4.69) is 20.8 Å². The van der Waals surface area contributed by atoms with Crippen LogP contribution in [0.15, 0.2) is 0 Å². The molecule has 0 aliphatic heterocycles. The van der Waals surface area contributed by atoms with E-state index in [9.17, 15) is 4.79 Å². The fraction of sp³-hybridized carbons (Fsp3) is 0.985. The number of hydrogen-bond donors (Lipinski definition) is 2. The predicted molar refractivity (Wildman–Crippen MR) is 310 cm³/mol. The van der Waals surface area contributed by atoms with Crippen LogP contribution in [0, 0.1) is 0 Å². The molecule has 3 heteroatoms. The highest BCUT2D eigenvalue weighted by molar-refractivity contribution is 5.48. The zero-order valence-corrected chi connectivity index (χ0v) is 48.0. The van der Waals surface area contributed by atoms with E-state index < -0.39 is 0 Å². The molecule has 0 rings (SSSR count). The van der Waals surface area contributed by atoms with Crippen LogP contribution >= 0.6 is 0 Å². The van der Waals surface area contributed by atoms with Gasteiger partial charge >= 0.3 is 0 Å². The molecular weight excluding hydrogens is 829 g/mol. The Morgan fingerprint density at radius 1 is 0.191 bits per heavy atom. The molecule has 0 aromatic carbocycles. The van der Waals surface area contributed by atoms with Gasteiger partial charge in [-0.25, -0.2) is 0 Å². The number of carbonyl (C=O) groups excluding carboxylic acids is 1. The van der Waals surface area contributed by atoms with Gasteiger partial charge in [-0.05, 0) is 19.3 Å². The zero-order chi connectivity index (χ0) is 49.8. The Morgan fingerprint density at radius 3 is 0.426 bits per heavy atom. The van der Waals surface area contributed by atoms with Crippen LogP contribution in [0.1, 0.15) is 400 Å². The van der Waals surface area contributed by atoms with Gasteiger partial charge in [-0.15, -0.1) is 0 Å². The fourth-order valence-electron chi connectivity index (χ4n) is 9.86. The number of unbranched alkanes of at least 4 members (excludes halogenated alkanes) is 56. The molecular formula is C65H134O3. The van der Waals surface area contributed by atoms with Gasteiger partial charge in [-0.1, -0.05) is 374 Å². The third-order valence-electron chi connectivity index (χ3n) is 14.7. The van der Waals surface area contributed by atoms with Gasteiger partial charge < -0.3 is 15.0 Å². The van der Waals surface area contributed by atoms with Crippen LogP contribution in [0.3, 0.4) is 0 Å². The summed E-state index contributed by atoms with van der Waals surface area (Å²) < 4.78 is 0. The Labute approximate surface area is 432 Å². The molecule has 0 bridgehead atoms. The number of hydrogen-bond acceptors (Lipinski definition) is 3. The molecule has 0 spiro atoms. The summed E-state index contributed by atoms with van der Waals surface area (Å²) in [4.78, 5) is 10.2. The normalized spacial score (nSPS) is 11.1. The molecule has 0 saturated carbocycles. The van der Waals surface area contributed by atoms with Gasteiger partial charge in [0.15, 0.2) is 0 Å². The topological polar surface area (TPSA) is 57.5 Å². The van der Waals surface area contributed by atoms with Crippen molar-refractivity contribution in [2.75, 3.05) is 13.2 Å². The number of carbonyl (C=O) groups is 1. The number of aldehydes is 1. The first-order chi connectivity index (χ1) is 33.7. The first-order valence-corrected chi connectivity index (χ1v) is 32.4. The smallest absolute Gasteiger partial charge is 0.119 e. The van der Waals surface area contributed by atoms with Gasteiger partial charge in [0, 0.05) is 19.6 Å². The van der Waals surface area contributed by atoms with Crippen molar-refractivity contribution >= 4 is 6.29 Å². The second-order valence-electron chi connectivity index (χ2n) is 21.8. The quantitative estimate of drug-likeness (QED) is 0.0472. The van der Waals surface area contributed by atoms with E-state index in [-0.39, 0.29) is 0 Å². The van der Waals surface area contributed by atoms with Crippen molar-refractivity contribution < 1.29 is 15.0 Å². The molecule has 412 valence electrons. The molecule has 2 N–H and O–H groups in total. The third kappa shape index (κ3) is 79.7. The van der Waals surface area contributed by atoms with Crippen molar-refractivity contribution in [3.8, 4) is 0 Å². The summed E-state index contributed by atoms with van der Waals surface area (Å²) in [5.74, 6) is 0. The Hall–Kier alpha value is -0.410. The average molecular weight is 964 g/mol. The minimum atomic E-state index is 0.374. The maximum Gasteiger partial charge on any atom is 0.119 e. The number of aliphatic hydroxyl groups is 2.